The summed E-state index contributed by atoms with van der Waals surface area (Å²) in [5.74, 6) is -0.789. The average molecular weight is 411 g/mol. The van der Waals surface area contributed by atoms with Gasteiger partial charge in [-0.05, 0) is 61.2 Å². The molecular weight excluding hydrogens is 391 g/mol. The Labute approximate surface area is 163 Å². The van der Waals surface area contributed by atoms with Crippen molar-refractivity contribution < 1.29 is 17.6 Å². The first-order chi connectivity index (χ1) is 12.9. The van der Waals surface area contributed by atoms with Crippen LogP contribution in [0, 0.1) is 5.82 Å². The fourth-order valence-corrected chi connectivity index (χ4v) is 4.85. The van der Waals surface area contributed by atoms with E-state index in [0.717, 1.165) is 17.1 Å². The van der Waals surface area contributed by atoms with Crippen molar-refractivity contribution in [3.8, 4) is 0 Å². The Morgan fingerprint density at radius 3 is 2.59 bits per heavy atom. The van der Waals surface area contributed by atoms with Gasteiger partial charge in [-0.25, -0.2) is 12.8 Å². The molecule has 1 amide bonds. The zero-order valence-corrected chi connectivity index (χ0v) is 16.1. The highest BCUT2D eigenvalue weighted by Gasteiger charge is 2.36. The molecule has 1 aliphatic rings. The van der Waals surface area contributed by atoms with Crippen LogP contribution in [0.3, 0.4) is 0 Å². The van der Waals surface area contributed by atoms with Crippen LogP contribution in [0.4, 0.5) is 4.39 Å². The summed E-state index contributed by atoms with van der Waals surface area (Å²) in [5, 5.41) is 3.18. The van der Waals surface area contributed by atoms with Crippen molar-refractivity contribution in [3.63, 3.8) is 0 Å². The molecule has 0 aromatic heterocycles. The van der Waals surface area contributed by atoms with E-state index >= 15 is 0 Å². The SMILES string of the molecule is O=C1NCCCCC1N(Cc1cccc(F)c1)S(=O)(=O)c1ccc(Cl)cc1. The quantitative estimate of drug-likeness (QED) is 0.822. The number of carbonyl (C=O) groups excluding carboxylic acids is 1. The van der Waals surface area contributed by atoms with E-state index in [4.69, 9.17) is 11.6 Å². The van der Waals surface area contributed by atoms with Gasteiger partial charge in [-0.15, -0.1) is 0 Å². The van der Waals surface area contributed by atoms with Gasteiger partial charge < -0.3 is 5.32 Å². The van der Waals surface area contributed by atoms with E-state index < -0.39 is 21.9 Å². The standard InChI is InChI=1S/C19H20ClFN2O3S/c20-15-7-9-17(10-8-15)27(25,26)23(13-14-4-3-5-16(21)12-14)18-6-1-2-11-22-19(18)24/h3-5,7-10,12,18H,1-2,6,11,13H2,(H,22,24). The number of benzene rings is 2. The summed E-state index contributed by atoms with van der Waals surface area (Å²) in [5.41, 5.74) is 0.476. The number of rotatable bonds is 5. The van der Waals surface area contributed by atoms with Crippen molar-refractivity contribution in [1.29, 1.82) is 0 Å². The number of nitrogens with zero attached hydrogens (tertiary/aromatic N) is 1. The Hall–Kier alpha value is -1.96. The van der Waals surface area contributed by atoms with Crippen molar-refractivity contribution >= 4 is 27.5 Å². The molecule has 0 saturated carbocycles. The Bertz CT molecular complexity index is 919. The molecule has 2 aromatic carbocycles. The third-order valence-electron chi connectivity index (χ3n) is 4.50. The van der Waals surface area contributed by atoms with Crippen LogP contribution in [0.1, 0.15) is 24.8 Å². The summed E-state index contributed by atoms with van der Waals surface area (Å²) in [6.07, 6.45) is 1.92. The highest BCUT2D eigenvalue weighted by atomic mass is 35.5. The molecule has 1 aliphatic heterocycles. The van der Waals surface area contributed by atoms with Gasteiger partial charge >= 0.3 is 0 Å². The van der Waals surface area contributed by atoms with Gasteiger partial charge in [0.2, 0.25) is 15.9 Å². The third-order valence-corrected chi connectivity index (χ3v) is 6.62. The van der Waals surface area contributed by atoms with Gasteiger partial charge in [0.25, 0.3) is 0 Å². The minimum Gasteiger partial charge on any atom is -0.355 e. The molecule has 27 heavy (non-hydrogen) atoms. The van der Waals surface area contributed by atoms with Gasteiger partial charge in [-0.3, -0.25) is 4.79 Å². The molecule has 1 unspecified atom stereocenters. The first-order valence-electron chi connectivity index (χ1n) is 8.67. The highest BCUT2D eigenvalue weighted by molar-refractivity contribution is 7.89. The van der Waals surface area contributed by atoms with Crippen LogP contribution in [-0.2, 0) is 21.4 Å². The summed E-state index contributed by atoms with van der Waals surface area (Å²) in [7, 11) is -3.99. The van der Waals surface area contributed by atoms with Crippen molar-refractivity contribution in [2.45, 2.75) is 36.7 Å². The molecule has 144 valence electrons. The van der Waals surface area contributed by atoms with Crippen LogP contribution in [0.5, 0.6) is 0 Å². The molecule has 1 N–H and O–H groups in total. The minimum atomic E-state index is -3.99. The van der Waals surface area contributed by atoms with Crippen LogP contribution in [-0.4, -0.2) is 31.2 Å². The number of nitrogens with one attached hydrogen (secondary N) is 1. The zero-order chi connectivity index (χ0) is 19.4. The summed E-state index contributed by atoms with van der Waals surface area (Å²) in [4.78, 5) is 12.6. The fraction of sp³-hybridized carbons (Fsp3) is 0.316. The van der Waals surface area contributed by atoms with Gasteiger partial charge in [-0.2, -0.15) is 4.31 Å². The first kappa shape index (κ1) is 19.8. The molecule has 2 aromatic rings. The molecule has 1 fully saturated rings. The van der Waals surface area contributed by atoms with Gasteiger partial charge in [0.05, 0.1) is 4.90 Å². The topological polar surface area (TPSA) is 66.5 Å². The number of hydrogen-bond donors (Lipinski definition) is 1. The van der Waals surface area contributed by atoms with E-state index in [-0.39, 0.29) is 17.3 Å². The maximum Gasteiger partial charge on any atom is 0.244 e. The number of sulfonamides is 1. The van der Waals surface area contributed by atoms with Crippen LogP contribution in [0.2, 0.25) is 5.02 Å². The molecule has 8 heteroatoms. The lowest BCUT2D eigenvalue weighted by Gasteiger charge is -2.29. The number of halogens is 2. The molecule has 0 spiro atoms. The van der Waals surface area contributed by atoms with Crippen molar-refractivity contribution in [1.82, 2.24) is 9.62 Å². The van der Waals surface area contributed by atoms with E-state index in [0.29, 0.717) is 23.6 Å². The first-order valence-corrected chi connectivity index (χ1v) is 10.5. The number of hydrogen-bond acceptors (Lipinski definition) is 3. The largest absolute Gasteiger partial charge is 0.355 e. The summed E-state index contributed by atoms with van der Waals surface area (Å²) in [6.45, 7) is 0.422. The second-order valence-corrected chi connectivity index (χ2v) is 8.76. The minimum absolute atomic E-state index is 0.0420. The Kier molecular flexibility index (Phi) is 6.14. The Morgan fingerprint density at radius 2 is 1.89 bits per heavy atom. The molecule has 0 aliphatic carbocycles. The normalized spacial score (nSPS) is 18.2. The predicted octanol–water partition coefficient (Wildman–Crippen LogP) is 3.34. The molecule has 5 nitrogen and oxygen atoms in total. The lowest BCUT2D eigenvalue weighted by molar-refractivity contribution is -0.124. The predicted molar refractivity (Wildman–Crippen MR) is 101 cm³/mol. The maximum atomic E-state index is 13.6. The van der Waals surface area contributed by atoms with Crippen molar-refractivity contribution in [2.75, 3.05) is 6.54 Å². The average Bonchev–Trinajstić information content (AvgIpc) is 2.84. The molecule has 0 bridgehead atoms. The van der Waals surface area contributed by atoms with E-state index in [1.54, 1.807) is 6.07 Å². The zero-order valence-electron chi connectivity index (χ0n) is 14.6. The lowest BCUT2D eigenvalue weighted by Crippen LogP contribution is -2.48. The van der Waals surface area contributed by atoms with Gasteiger partial charge in [0.1, 0.15) is 11.9 Å². The highest BCUT2D eigenvalue weighted by Crippen LogP contribution is 2.26. The van der Waals surface area contributed by atoms with Crippen LogP contribution >= 0.6 is 11.6 Å². The molecule has 0 radical (unpaired) electrons. The lowest BCUT2D eigenvalue weighted by atomic mass is 10.1. The van der Waals surface area contributed by atoms with Gasteiger partial charge in [-0.1, -0.05) is 23.7 Å². The van der Waals surface area contributed by atoms with Crippen LogP contribution in [0.15, 0.2) is 53.4 Å². The number of carbonyl (C=O) groups is 1. The van der Waals surface area contributed by atoms with E-state index in [9.17, 15) is 17.6 Å². The smallest absolute Gasteiger partial charge is 0.244 e. The Balaban J connectivity index is 2.02. The molecule has 3 rings (SSSR count). The van der Waals surface area contributed by atoms with E-state index in [2.05, 4.69) is 5.32 Å². The number of amides is 1. The van der Waals surface area contributed by atoms with Crippen molar-refractivity contribution in [3.05, 3.63) is 64.9 Å². The summed E-state index contributed by atoms with van der Waals surface area (Å²) < 4.78 is 41.4. The maximum absolute atomic E-state index is 13.6. The molecular formula is C19H20ClFN2O3S. The third kappa shape index (κ3) is 4.66. The Morgan fingerprint density at radius 1 is 1.15 bits per heavy atom. The second-order valence-electron chi connectivity index (χ2n) is 6.44. The van der Waals surface area contributed by atoms with Gasteiger partial charge in [0, 0.05) is 18.1 Å². The summed E-state index contributed by atoms with van der Waals surface area (Å²) >= 11 is 5.87. The van der Waals surface area contributed by atoms with Gasteiger partial charge in [0.15, 0.2) is 0 Å². The van der Waals surface area contributed by atoms with Crippen molar-refractivity contribution in [2.24, 2.45) is 0 Å². The molecule has 1 saturated heterocycles. The van der Waals surface area contributed by atoms with E-state index in [1.165, 1.54) is 42.5 Å². The molecule has 1 heterocycles. The molecule has 1 atom stereocenters. The summed E-state index contributed by atoms with van der Waals surface area (Å²) in [6, 6.07) is 10.7. The fourth-order valence-electron chi connectivity index (χ4n) is 3.12. The monoisotopic (exact) mass is 410 g/mol. The van der Waals surface area contributed by atoms with E-state index in [1.807, 2.05) is 0 Å². The van der Waals surface area contributed by atoms with Crippen LogP contribution < -0.4 is 5.32 Å². The second kappa shape index (κ2) is 8.37. The van der Waals surface area contributed by atoms with Crippen LogP contribution in [0.25, 0.3) is 0 Å².